The topological polar surface area (TPSA) is 63.6 Å². The summed E-state index contributed by atoms with van der Waals surface area (Å²) in [6, 6.07) is 0. The largest absolute Gasteiger partial charge is 0.481 e. The van der Waals surface area contributed by atoms with Crippen LogP contribution in [0.3, 0.4) is 0 Å². The highest BCUT2D eigenvalue weighted by Gasteiger charge is 2.61. The summed E-state index contributed by atoms with van der Waals surface area (Å²) in [6.45, 7) is 3.08. The zero-order valence-corrected chi connectivity index (χ0v) is 11.3. The molecule has 126 valence electrons. The lowest BCUT2D eigenvalue weighted by Crippen LogP contribution is -2.45. The van der Waals surface area contributed by atoms with E-state index in [2.05, 4.69) is 4.74 Å². The smallest absolute Gasteiger partial charge is 0.434 e. The Kier molecular flexibility index (Phi) is 4.55. The van der Waals surface area contributed by atoms with Crippen molar-refractivity contribution in [1.29, 1.82) is 0 Å². The average molecular weight is 334 g/mol. The van der Waals surface area contributed by atoms with Crippen LogP contribution in [0.25, 0.3) is 0 Å². The van der Waals surface area contributed by atoms with Crippen molar-refractivity contribution < 1.29 is 45.8 Å². The maximum Gasteiger partial charge on any atom is 0.434 e. The van der Waals surface area contributed by atoms with Crippen LogP contribution in [0.1, 0.15) is 13.8 Å². The second-order valence-corrected chi connectivity index (χ2v) is 5.42. The first-order valence-electron chi connectivity index (χ1n) is 5.94. The predicted molar refractivity (Wildman–Crippen MR) is 59.5 cm³/mol. The molecule has 0 aromatic carbocycles. The van der Waals surface area contributed by atoms with E-state index in [1.54, 1.807) is 13.8 Å². The van der Waals surface area contributed by atoms with Crippen molar-refractivity contribution in [2.75, 3.05) is 0 Å². The molecular weight excluding hydrogens is 322 g/mol. The van der Waals surface area contributed by atoms with Crippen LogP contribution in [-0.4, -0.2) is 35.5 Å². The van der Waals surface area contributed by atoms with Gasteiger partial charge in [0, 0.05) is 6.08 Å². The third-order valence-corrected chi connectivity index (χ3v) is 3.44. The summed E-state index contributed by atoms with van der Waals surface area (Å²) in [5, 5.41) is 8.84. The molecule has 1 N–H and O–H groups in total. The number of esters is 1. The van der Waals surface area contributed by atoms with E-state index in [9.17, 15) is 35.9 Å². The first-order valence-corrected chi connectivity index (χ1v) is 5.94. The molecule has 0 unspecified atom stereocenters. The van der Waals surface area contributed by atoms with E-state index in [1.807, 2.05) is 0 Å². The van der Waals surface area contributed by atoms with Gasteiger partial charge in [-0.25, -0.2) is 4.79 Å². The standard InChI is InChI=1S/C12H12F6O4/c1-10(2)5(7(10)8(20)21)3-4-6(19)22-9(11(13,14)15)12(16,17)18/h3-5,7,9H,1-2H3,(H,20,21)/b4-3+/t5-,7-/m0/s1. The fourth-order valence-corrected chi connectivity index (χ4v) is 2.17. The molecule has 0 radical (unpaired) electrons. The minimum atomic E-state index is -5.79. The van der Waals surface area contributed by atoms with Crippen molar-refractivity contribution in [2.45, 2.75) is 32.3 Å². The number of ether oxygens (including phenoxy) is 1. The van der Waals surface area contributed by atoms with Crippen LogP contribution in [0.15, 0.2) is 12.2 Å². The molecule has 2 atom stereocenters. The highest BCUT2D eigenvalue weighted by atomic mass is 19.4. The Hall–Kier alpha value is -1.74. The maximum atomic E-state index is 12.2. The first-order chi connectivity index (χ1) is 9.69. The van der Waals surface area contributed by atoms with Crippen LogP contribution in [0.2, 0.25) is 0 Å². The lowest BCUT2D eigenvalue weighted by Gasteiger charge is -2.22. The zero-order chi connectivity index (χ0) is 17.5. The van der Waals surface area contributed by atoms with E-state index in [-0.39, 0.29) is 0 Å². The van der Waals surface area contributed by atoms with Gasteiger partial charge in [-0.1, -0.05) is 19.9 Å². The molecule has 22 heavy (non-hydrogen) atoms. The number of aliphatic carboxylic acids is 1. The van der Waals surface area contributed by atoms with Gasteiger partial charge in [0.25, 0.3) is 6.10 Å². The number of allylic oxidation sites excluding steroid dienone is 1. The summed E-state index contributed by atoms with van der Waals surface area (Å²) in [5.74, 6) is -4.55. The Bertz CT molecular complexity index is 477. The molecule has 4 nitrogen and oxygen atoms in total. The summed E-state index contributed by atoms with van der Waals surface area (Å²) in [6.07, 6.45) is -14.5. The molecule has 10 heteroatoms. The van der Waals surface area contributed by atoms with Gasteiger partial charge in [0.1, 0.15) is 0 Å². The molecular formula is C12H12F6O4. The Labute approximate surface area is 120 Å². The van der Waals surface area contributed by atoms with Gasteiger partial charge in [0.2, 0.25) is 0 Å². The van der Waals surface area contributed by atoms with E-state index in [0.29, 0.717) is 6.08 Å². The Balaban J connectivity index is 2.74. The fourth-order valence-electron chi connectivity index (χ4n) is 2.17. The third kappa shape index (κ3) is 3.92. The van der Waals surface area contributed by atoms with Crippen molar-refractivity contribution >= 4 is 11.9 Å². The number of carbonyl (C=O) groups is 2. The average Bonchev–Trinajstić information content (AvgIpc) is 2.82. The van der Waals surface area contributed by atoms with E-state index in [4.69, 9.17) is 5.11 Å². The molecule has 0 spiro atoms. The monoisotopic (exact) mass is 334 g/mol. The molecule has 0 aromatic rings. The van der Waals surface area contributed by atoms with Gasteiger partial charge in [-0.3, -0.25) is 4.79 Å². The predicted octanol–water partition coefficient (Wildman–Crippen LogP) is 2.94. The second kappa shape index (κ2) is 5.47. The van der Waals surface area contributed by atoms with Gasteiger partial charge in [0.05, 0.1) is 5.92 Å². The number of halogens is 6. The number of alkyl halides is 6. The normalized spacial score (nSPS) is 24.6. The molecule has 0 aliphatic heterocycles. The molecule has 1 saturated carbocycles. The van der Waals surface area contributed by atoms with Gasteiger partial charge < -0.3 is 9.84 Å². The van der Waals surface area contributed by atoms with Gasteiger partial charge in [-0.15, -0.1) is 0 Å². The van der Waals surface area contributed by atoms with Gasteiger partial charge in [0.15, 0.2) is 0 Å². The first kappa shape index (κ1) is 18.3. The Morgan fingerprint density at radius 3 is 1.91 bits per heavy atom. The zero-order valence-electron chi connectivity index (χ0n) is 11.3. The summed E-state index contributed by atoms with van der Waals surface area (Å²) in [7, 11) is 0. The minimum Gasteiger partial charge on any atom is -0.481 e. The number of rotatable bonds is 4. The maximum absolute atomic E-state index is 12.2. The Morgan fingerprint density at radius 2 is 1.59 bits per heavy atom. The highest BCUT2D eigenvalue weighted by Crippen LogP contribution is 2.59. The van der Waals surface area contributed by atoms with Crippen LogP contribution < -0.4 is 0 Å². The molecule has 1 aliphatic rings. The quantitative estimate of drug-likeness (QED) is 0.488. The van der Waals surface area contributed by atoms with Crippen molar-refractivity contribution in [3.8, 4) is 0 Å². The van der Waals surface area contributed by atoms with Crippen molar-refractivity contribution in [3.63, 3.8) is 0 Å². The Morgan fingerprint density at radius 1 is 1.14 bits per heavy atom. The number of hydrogen-bond acceptors (Lipinski definition) is 3. The molecule has 0 heterocycles. The van der Waals surface area contributed by atoms with E-state index in [0.717, 1.165) is 6.08 Å². The lowest BCUT2D eigenvalue weighted by molar-refractivity contribution is -0.312. The number of hydrogen-bond donors (Lipinski definition) is 1. The van der Waals surface area contributed by atoms with E-state index in [1.165, 1.54) is 0 Å². The van der Waals surface area contributed by atoms with Crippen molar-refractivity contribution in [1.82, 2.24) is 0 Å². The summed E-state index contributed by atoms with van der Waals surface area (Å²) >= 11 is 0. The van der Waals surface area contributed by atoms with Crippen LogP contribution in [0.4, 0.5) is 26.3 Å². The lowest BCUT2D eigenvalue weighted by atomic mass is 10.1. The van der Waals surface area contributed by atoms with Crippen LogP contribution in [-0.2, 0) is 14.3 Å². The van der Waals surface area contributed by atoms with Gasteiger partial charge >= 0.3 is 24.3 Å². The molecule has 0 saturated heterocycles. The van der Waals surface area contributed by atoms with Crippen LogP contribution in [0, 0.1) is 17.3 Å². The van der Waals surface area contributed by atoms with Gasteiger partial charge in [-0.05, 0) is 11.3 Å². The minimum absolute atomic E-state index is 0.389. The van der Waals surface area contributed by atoms with Crippen molar-refractivity contribution in [3.05, 3.63) is 12.2 Å². The molecule has 0 amide bonds. The number of carbonyl (C=O) groups excluding carboxylic acids is 1. The van der Waals surface area contributed by atoms with Crippen LogP contribution in [0.5, 0.6) is 0 Å². The fraction of sp³-hybridized carbons (Fsp3) is 0.667. The molecule has 1 fully saturated rings. The molecule has 1 rings (SSSR count). The van der Waals surface area contributed by atoms with E-state index < -0.39 is 47.6 Å². The molecule has 1 aliphatic carbocycles. The second-order valence-electron chi connectivity index (χ2n) is 5.42. The number of carboxylic acids is 1. The third-order valence-electron chi connectivity index (χ3n) is 3.44. The van der Waals surface area contributed by atoms with Gasteiger partial charge in [-0.2, -0.15) is 26.3 Å². The molecule has 0 bridgehead atoms. The molecule has 0 aromatic heterocycles. The highest BCUT2D eigenvalue weighted by molar-refractivity contribution is 5.83. The number of carboxylic acid groups (broad SMARTS) is 1. The summed E-state index contributed by atoms with van der Waals surface area (Å²) in [5.41, 5.74) is -0.740. The van der Waals surface area contributed by atoms with Crippen LogP contribution >= 0.6 is 0 Å². The summed E-state index contributed by atoms with van der Waals surface area (Å²) in [4.78, 5) is 21.9. The van der Waals surface area contributed by atoms with E-state index >= 15 is 0 Å². The SMILES string of the molecule is CC1(C)[C@H](C(=O)O)[C@@H]1/C=C/C(=O)OC(C(F)(F)F)C(F)(F)F. The van der Waals surface area contributed by atoms with Crippen molar-refractivity contribution in [2.24, 2.45) is 17.3 Å². The summed E-state index contributed by atoms with van der Waals surface area (Å²) < 4.78 is 76.5.